The van der Waals surface area contributed by atoms with Crippen LogP contribution in [0.25, 0.3) is 0 Å². The Bertz CT molecular complexity index is 605. The van der Waals surface area contributed by atoms with Gasteiger partial charge >= 0.3 is 6.18 Å². The molecule has 9 heteroatoms. The van der Waals surface area contributed by atoms with Crippen LogP contribution in [0.2, 0.25) is 0 Å². The molecule has 0 aliphatic heterocycles. The maximum absolute atomic E-state index is 12.2. The van der Waals surface area contributed by atoms with Crippen LogP contribution in [-0.4, -0.2) is 31.8 Å². The van der Waals surface area contributed by atoms with Crippen LogP contribution in [0.1, 0.15) is 16.2 Å². The minimum atomic E-state index is -4.39. The van der Waals surface area contributed by atoms with Gasteiger partial charge in [0.05, 0.1) is 18.1 Å². The number of carbonyl (C=O) groups excluding carboxylic acids is 1. The molecule has 0 unspecified atom stereocenters. The number of halogens is 3. The molecule has 0 radical (unpaired) electrons. The smallest absolute Gasteiger partial charge is 0.304 e. The second-order valence-electron chi connectivity index (χ2n) is 4.01. The fraction of sp³-hybridized carbons (Fsp3) is 0.273. The highest BCUT2D eigenvalue weighted by molar-refractivity contribution is 6.02. The zero-order valence-corrected chi connectivity index (χ0v) is 10.3. The molecule has 0 fully saturated rings. The monoisotopic (exact) mass is 285 g/mol. The lowest BCUT2D eigenvalue weighted by atomic mass is 10.4. The predicted molar refractivity (Wildman–Crippen MR) is 63.0 cm³/mol. The third kappa shape index (κ3) is 3.77. The molecule has 0 saturated carbocycles. The number of hydrogen-bond acceptors (Lipinski definition) is 4. The number of rotatable bonds is 3. The molecule has 20 heavy (non-hydrogen) atoms. The van der Waals surface area contributed by atoms with Gasteiger partial charge in [0.25, 0.3) is 5.91 Å². The molecule has 0 bridgehead atoms. The summed E-state index contributed by atoms with van der Waals surface area (Å²) in [6.45, 7) is 0.488. The summed E-state index contributed by atoms with van der Waals surface area (Å²) in [7, 11) is 0. The number of hydrogen-bond donors (Lipinski definition) is 1. The van der Waals surface area contributed by atoms with E-state index in [2.05, 4.69) is 20.4 Å². The van der Waals surface area contributed by atoms with Crippen molar-refractivity contribution in [2.75, 3.05) is 5.32 Å². The third-order valence-electron chi connectivity index (χ3n) is 2.24. The lowest BCUT2D eigenvalue weighted by Gasteiger charge is -2.05. The van der Waals surface area contributed by atoms with Crippen LogP contribution in [0.15, 0.2) is 24.7 Å². The number of amides is 1. The maximum Gasteiger partial charge on any atom is 0.408 e. The van der Waals surface area contributed by atoms with Crippen molar-refractivity contribution in [3.8, 4) is 0 Å². The summed E-state index contributed by atoms with van der Waals surface area (Å²) in [4.78, 5) is 19.6. The van der Waals surface area contributed by atoms with Crippen LogP contribution >= 0.6 is 0 Å². The van der Waals surface area contributed by atoms with Gasteiger partial charge in [0.2, 0.25) is 0 Å². The van der Waals surface area contributed by atoms with E-state index in [0.29, 0.717) is 10.4 Å². The van der Waals surface area contributed by atoms with Crippen molar-refractivity contribution in [1.29, 1.82) is 0 Å². The number of alkyl halides is 3. The molecule has 0 spiro atoms. The molecule has 0 atom stereocenters. The first-order valence-electron chi connectivity index (χ1n) is 5.54. The molecule has 2 aromatic rings. The maximum atomic E-state index is 12.2. The Morgan fingerprint density at radius 3 is 2.70 bits per heavy atom. The van der Waals surface area contributed by atoms with Crippen molar-refractivity contribution in [3.63, 3.8) is 0 Å². The summed E-state index contributed by atoms with van der Waals surface area (Å²) in [6, 6.07) is 1.20. The summed E-state index contributed by atoms with van der Waals surface area (Å²) in [5, 5.41) is 5.94. The topological polar surface area (TPSA) is 72.7 Å². The Hall–Kier alpha value is -2.45. The van der Waals surface area contributed by atoms with E-state index in [-0.39, 0.29) is 11.5 Å². The van der Waals surface area contributed by atoms with Gasteiger partial charge in [-0.15, -0.1) is 0 Å². The van der Waals surface area contributed by atoms with Gasteiger partial charge < -0.3 is 5.32 Å². The molecule has 0 saturated heterocycles. The average Bonchev–Trinajstić information content (AvgIpc) is 2.78. The van der Waals surface area contributed by atoms with Crippen molar-refractivity contribution >= 4 is 11.7 Å². The predicted octanol–water partition coefficient (Wildman–Crippen LogP) is 1.80. The Morgan fingerprint density at radius 1 is 1.35 bits per heavy atom. The number of nitrogens with zero attached hydrogens (tertiary/aromatic N) is 4. The standard InChI is InChI=1S/C11H10F3N5O/c1-7-4-16-9(5-15-7)17-10(20)8-2-3-19(18-8)6-11(12,13)14/h2-5H,6H2,1H3,(H,16,17,20). The Morgan fingerprint density at radius 2 is 2.10 bits per heavy atom. The zero-order chi connectivity index (χ0) is 14.8. The fourth-order valence-corrected chi connectivity index (χ4v) is 1.39. The summed E-state index contributed by atoms with van der Waals surface area (Å²) in [6.07, 6.45) is -0.497. The fourth-order valence-electron chi connectivity index (χ4n) is 1.39. The summed E-state index contributed by atoms with van der Waals surface area (Å²) in [5.74, 6) is -0.449. The van der Waals surface area contributed by atoms with Crippen LogP contribution in [0.3, 0.4) is 0 Å². The van der Waals surface area contributed by atoms with E-state index in [9.17, 15) is 18.0 Å². The molecule has 1 amide bonds. The van der Waals surface area contributed by atoms with E-state index >= 15 is 0 Å². The molecule has 0 aliphatic rings. The second-order valence-corrected chi connectivity index (χ2v) is 4.01. The zero-order valence-electron chi connectivity index (χ0n) is 10.3. The van der Waals surface area contributed by atoms with Crippen molar-refractivity contribution in [3.05, 3.63) is 36.0 Å². The summed E-state index contributed by atoms with van der Waals surface area (Å²) in [5.41, 5.74) is 0.550. The van der Waals surface area contributed by atoms with E-state index in [1.807, 2.05) is 0 Å². The largest absolute Gasteiger partial charge is 0.408 e. The molecule has 106 valence electrons. The Balaban J connectivity index is 2.04. The SMILES string of the molecule is Cc1cnc(NC(=O)c2ccn(CC(F)(F)F)n2)cn1. The van der Waals surface area contributed by atoms with Crippen LogP contribution < -0.4 is 5.32 Å². The first-order valence-corrected chi connectivity index (χ1v) is 5.54. The lowest BCUT2D eigenvalue weighted by Crippen LogP contribution is -2.19. The quantitative estimate of drug-likeness (QED) is 0.933. The van der Waals surface area contributed by atoms with E-state index < -0.39 is 18.6 Å². The molecule has 2 aromatic heterocycles. The number of carbonyl (C=O) groups is 1. The first kappa shape index (κ1) is 14.0. The van der Waals surface area contributed by atoms with E-state index in [1.165, 1.54) is 18.5 Å². The van der Waals surface area contributed by atoms with E-state index in [4.69, 9.17) is 0 Å². The van der Waals surface area contributed by atoms with Gasteiger partial charge in [-0.25, -0.2) is 4.98 Å². The van der Waals surface area contributed by atoms with Gasteiger partial charge in [-0.1, -0.05) is 0 Å². The Labute approximate surface area is 111 Å². The highest BCUT2D eigenvalue weighted by Crippen LogP contribution is 2.17. The first-order chi connectivity index (χ1) is 9.33. The molecule has 1 N–H and O–H groups in total. The van der Waals surface area contributed by atoms with Crippen LogP contribution in [0.4, 0.5) is 19.0 Å². The van der Waals surface area contributed by atoms with Gasteiger partial charge in [-0.2, -0.15) is 18.3 Å². The van der Waals surface area contributed by atoms with Crippen molar-refractivity contribution in [2.45, 2.75) is 19.6 Å². The van der Waals surface area contributed by atoms with Crippen LogP contribution in [0, 0.1) is 6.92 Å². The van der Waals surface area contributed by atoms with Gasteiger partial charge in [0.1, 0.15) is 6.54 Å². The third-order valence-corrected chi connectivity index (χ3v) is 2.24. The number of aromatic nitrogens is 4. The molecular formula is C11H10F3N5O. The van der Waals surface area contributed by atoms with Gasteiger partial charge in [-0.3, -0.25) is 14.5 Å². The molecule has 2 rings (SSSR count). The van der Waals surface area contributed by atoms with E-state index in [1.54, 1.807) is 6.92 Å². The molecule has 2 heterocycles. The second kappa shape index (κ2) is 5.27. The molecule has 6 nitrogen and oxygen atoms in total. The Kier molecular flexibility index (Phi) is 3.68. The van der Waals surface area contributed by atoms with Gasteiger partial charge in [0, 0.05) is 6.20 Å². The molecule has 0 aromatic carbocycles. The highest BCUT2D eigenvalue weighted by atomic mass is 19.4. The number of nitrogens with one attached hydrogen (secondary N) is 1. The number of aryl methyl sites for hydroxylation is 1. The minimum absolute atomic E-state index is 0.128. The summed E-state index contributed by atoms with van der Waals surface area (Å²) < 4.78 is 37.1. The van der Waals surface area contributed by atoms with Crippen molar-refractivity contribution in [1.82, 2.24) is 19.7 Å². The van der Waals surface area contributed by atoms with Gasteiger partial charge in [-0.05, 0) is 13.0 Å². The normalized spacial score (nSPS) is 11.4. The molecular weight excluding hydrogens is 275 g/mol. The van der Waals surface area contributed by atoms with Crippen LogP contribution in [-0.2, 0) is 6.54 Å². The van der Waals surface area contributed by atoms with Gasteiger partial charge in [0.15, 0.2) is 11.5 Å². The highest BCUT2D eigenvalue weighted by Gasteiger charge is 2.28. The summed E-state index contributed by atoms with van der Waals surface area (Å²) >= 11 is 0. The van der Waals surface area contributed by atoms with Crippen molar-refractivity contribution < 1.29 is 18.0 Å². The lowest BCUT2D eigenvalue weighted by molar-refractivity contribution is -0.142. The van der Waals surface area contributed by atoms with Crippen molar-refractivity contribution in [2.24, 2.45) is 0 Å². The van der Waals surface area contributed by atoms with Crippen LogP contribution in [0.5, 0.6) is 0 Å². The van der Waals surface area contributed by atoms with E-state index in [0.717, 1.165) is 6.20 Å². The molecule has 0 aliphatic carbocycles. The number of anilines is 1. The minimum Gasteiger partial charge on any atom is -0.304 e. The average molecular weight is 285 g/mol.